The van der Waals surface area contributed by atoms with Gasteiger partial charge in [0.1, 0.15) is 0 Å². The maximum atomic E-state index is 2.47. The van der Waals surface area contributed by atoms with E-state index in [-0.39, 0.29) is 10.8 Å². The minimum absolute atomic E-state index is 0.0292. The Morgan fingerprint density at radius 1 is 0.615 bits per heavy atom. The van der Waals surface area contributed by atoms with Gasteiger partial charge in [0.25, 0.3) is 0 Å². The van der Waals surface area contributed by atoms with Gasteiger partial charge in [-0.25, -0.2) is 0 Å². The zero-order valence-electron chi connectivity index (χ0n) is 24.4. The topological polar surface area (TPSA) is 0 Å². The molecule has 6 aromatic rings. The fourth-order valence-electron chi connectivity index (χ4n) is 7.10. The smallest absolute Gasteiger partial charge is 0.0159 e. The molecule has 39 heavy (non-hydrogen) atoms. The number of hydrogen-bond donors (Lipinski definition) is 0. The van der Waals surface area contributed by atoms with E-state index in [0.29, 0.717) is 5.92 Å². The molecule has 0 saturated carbocycles. The maximum absolute atomic E-state index is 2.47. The molecular weight excluding hydrogens is 468 g/mol. The number of rotatable bonds is 3. The zero-order chi connectivity index (χ0) is 27.3. The molecule has 0 radical (unpaired) electrons. The van der Waals surface area contributed by atoms with E-state index in [2.05, 4.69) is 133 Å². The summed E-state index contributed by atoms with van der Waals surface area (Å²) in [7, 11) is 0. The van der Waals surface area contributed by atoms with Crippen molar-refractivity contribution in [3.8, 4) is 22.3 Å². The molecule has 7 rings (SSSR count). The third-order valence-electron chi connectivity index (χ3n) is 9.16. The van der Waals surface area contributed by atoms with Crippen LogP contribution in [0.5, 0.6) is 0 Å². The van der Waals surface area contributed by atoms with Crippen LogP contribution >= 0.6 is 0 Å². The second-order valence-corrected chi connectivity index (χ2v) is 13.8. The van der Waals surface area contributed by atoms with Crippen molar-refractivity contribution < 1.29 is 0 Å². The Balaban J connectivity index is 1.41. The molecule has 0 nitrogen and oxygen atoms in total. The molecule has 0 heteroatoms. The van der Waals surface area contributed by atoms with Crippen LogP contribution in [0.15, 0.2) is 84.9 Å². The van der Waals surface area contributed by atoms with E-state index < -0.39 is 0 Å². The summed E-state index contributed by atoms with van der Waals surface area (Å²) in [5.74, 6) is 0.653. The highest BCUT2D eigenvalue weighted by Crippen LogP contribution is 2.51. The average Bonchev–Trinajstić information content (AvgIpc) is 3.12. The van der Waals surface area contributed by atoms with Crippen LogP contribution in [0.4, 0.5) is 0 Å². The van der Waals surface area contributed by atoms with E-state index in [1.807, 2.05) is 0 Å². The lowest BCUT2D eigenvalue weighted by molar-refractivity contribution is 0.584. The van der Waals surface area contributed by atoms with Gasteiger partial charge >= 0.3 is 0 Å². The molecule has 0 amide bonds. The third-order valence-corrected chi connectivity index (χ3v) is 9.16. The highest BCUT2D eigenvalue weighted by atomic mass is 14.4. The first-order chi connectivity index (χ1) is 18.5. The number of hydrogen-bond acceptors (Lipinski definition) is 0. The Morgan fingerprint density at radius 3 is 1.90 bits per heavy atom. The van der Waals surface area contributed by atoms with Gasteiger partial charge in [0.15, 0.2) is 0 Å². The maximum Gasteiger partial charge on any atom is 0.0159 e. The second-order valence-electron chi connectivity index (χ2n) is 13.8. The molecule has 0 bridgehead atoms. The van der Waals surface area contributed by atoms with E-state index in [9.17, 15) is 0 Å². The molecule has 0 unspecified atom stereocenters. The highest BCUT2D eigenvalue weighted by molar-refractivity contribution is 6.25. The summed E-state index contributed by atoms with van der Waals surface area (Å²) in [6.07, 6.45) is 1.12. The first-order valence-corrected chi connectivity index (χ1v) is 14.5. The van der Waals surface area contributed by atoms with Gasteiger partial charge in [-0.2, -0.15) is 0 Å². The van der Waals surface area contributed by atoms with Crippen LogP contribution in [0.1, 0.15) is 70.7 Å². The predicted molar refractivity (Wildman–Crippen MR) is 170 cm³/mol. The highest BCUT2D eigenvalue weighted by Gasteiger charge is 2.36. The Kier molecular flexibility index (Phi) is 5.12. The largest absolute Gasteiger partial charge is 0.0625 e. The second kappa shape index (κ2) is 8.18. The molecular formula is C39H38. The van der Waals surface area contributed by atoms with Gasteiger partial charge in [-0.1, -0.05) is 127 Å². The van der Waals surface area contributed by atoms with Crippen LogP contribution in [-0.2, 0) is 17.3 Å². The Hall–Kier alpha value is -3.64. The van der Waals surface area contributed by atoms with E-state index in [4.69, 9.17) is 0 Å². The van der Waals surface area contributed by atoms with Gasteiger partial charge in [-0.3, -0.25) is 0 Å². The SMILES string of the molecule is CC(C)Cc1cc2ccc3ccc(-c4ccc5c(c4)C(C)(C)c4cc(C(C)(C)C)ccc4-5)c4ccc(c1)c2c34. The summed E-state index contributed by atoms with van der Waals surface area (Å²) in [6.45, 7) is 16.3. The summed E-state index contributed by atoms with van der Waals surface area (Å²) in [6, 6.07) is 33.1. The van der Waals surface area contributed by atoms with Crippen molar-refractivity contribution in [3.63, 3.8) is 0 Å². The summed E-state index contributed by atoms with van der Waals surface area (Å²) in [4.78, 5) is 0. The molecule has 0 N–H and O–H groups in total. The van der Waals surface area contributed by atoms with Crippen molar-refractivity contribution in [1.82, 2.24) is 0 Å². The first kappa shape index (κ1) is 24.4. The minimum atomic E-state index is -0.0292. The Bertz CT molecular complexity index is 1890. The lowest BCUT2D eigenvalue weighted by Gasteiger charge is -2.25. The third kappa shape index (κ3) is 3.64. The van der Waals surface area contributed by atoms with Crippen molar-refractivity contribution in [2.24, 2.45) is 5.92 Å². The van der Waals surface area contributed by atoms with Crippen molar-refractivity contribution >= 4 is 32.3 Å². The molecule has 0 spiro atoms. The monoisotopic (exact) mass is 506 g/mol. The van der Waals surface area contributed by atoms with Crippen LogP contribution in [-0.4, -0.2) is 0 Å². The molecule has 6 aromatic carbocycles. The van der Waals surface area contributed by atoms with Crippen molar-refractivity contribution in [2.75, 3.05) is 0 Å². The molecule has 0 aliphatic heterocycles. The van der Waals surface area contributed by atoms with Crippen LogP contribution < -0.4 is 0 Å². The van der Waals surface area contributed by atoms with Gasteiger partial charge in [0.2, 0.25) is 0 Å². The summed E-state index contributed by atoms with van der Waals surface area (Å²) in [5, 5.41) is 8.20. The Labute approximate surface area is 233 Å². The lowest BCUT2D eigenvalue weighted by atomic mass is 9.78. The van der Waals surface area contributed by atoms with Crippen LogP contribution in [0.2, 0.25) is 0 Å². The standard InChI is InChI=1S/C39H38/c1-23(2)18-24-19-27-9-8-25-10-14-30(33-16-12-28(20-24)36(27)37(25)33)26-11-15-31-32-17-13-29(38(3,4)5)22-35(32)39(6,7)34(31)21-26/h8-17,19-23H,18H2,1-7H3. The summed E-state index contributed by atoms with van der Waals surface area (Å²) < 4.78 is 0. The summed E-state index contributed by atoms with van der Waals surface area (Å²) >= 11 is 0. The van der Waals surface area contributed by atoms with Gasteiger partial charge in [-0.15, -0.1) is 0 Å². The predicted octanol–water partition coefficient (Wildman–Crippen LogP) is 11.1. The lowest BCUT2D eigenvalue weighted by Crippen LogP contribution is -2.17. The Morgan fingerprint density at radius 2 is 1.21 bits per heavy atom. The molecule has 0 fully saturated rings. The molecule has 1 aliphatic rings. The molecule has 1 aliphatic carbocycles. The van der Waals surface area contributed by atoms with Crippen molar-refractivity contribution in [3.05, 3.63) is 107 Å². The first-order valence-electron chi connectivity index (χ1n) is 14.5. The van der Waals surface area contributed by atoms with Crippen molar-refractivity contribution in [2.45, 2.75) is 65.7 Å². The molecule has 194 valence electrons. The fourth-order valence-corrected chi connectivity index (χ4v) is 7.10. The van der Waals surface area contributed by atoms with Gasteiger partial charge in [0, 0.05) is 5.41 Å². The van der Waals surface area contributed by atoms with E-state index in [0.717, 1.165) is 6.42 Å². The molecule has 0 saturated heterocycles. The van der Waals surface area contributed by atoms with E-state index in [1.165, 1.54) is 76.8 Å². The molecule has 0 heterocycles. The zero-order valence-corrected chi connectivity index (χ0v) is 24.4. The van der Waals surface area contributed by atoms with Gasteiger partial charge in [0.05, 0.1) is 0 Å². The van der Waals surface area contributed by atoms with E-state index >= 15 is 0 Å². The fraction of sp³-hybridized carbons (Fsp3) is 0.282. The van der Waals surface area contributed by atoms with Crippen LogP contribution in [0.25, 0.3) is 54.6 Å². The minimum Gasteiger partial charge on any atom is -0.0625 e. The summed E-state index contributed by atoms with van der Waals surface area (Å²) in [5.41, 5.74) is 11.3. The molecule has 0 aromatic heterocycles. The van der Waals surface area contributed by atoms with Crippen LogP contribution in [0, 0.1) is 5.92 Å². The quantitative estimate of drug-likeness (QED) is 0.209. The van der Waals surface area contributed by atoms with Crippen LogP contribution in [0.3, 0.4) is 0 Å². The average molecular weight is 507 g/mol. The number of benzene rings is 6. The normalized spacial score (nSPS) is 14.6. The van der Waals surface area contributed by atoms with Gasteiger partial charge in [-0.05, 0) is 101 Å². The van der Waals surface area contributed by atoms with Crippen molar-refractivity contribution in [1.29, 1.82) is 0 Å². The van der Waals surface area contributed by atoms with Gasteiger partial charge < -0.3 is 0 Å². The van der Waals surface area contributed by atoms with E-state index in [1.54, 1.807) is 0 Å². The molecule has 0 atom stereocenters. The number of fused-ring (bicyclic) bond motifs is 3.